The molecule has 0 fully saturated rings. The van der Waals surface area contributed by atoms with Gasteiger partial charge in [0.2, 0.25) is 0 Å². The number of aromatic nitrogens is 2. The minimum absolute atomic E-state index is 0.482. The summed E-state index contributed by atoms with van der Waals surface area (Å²) in [7, 11) is 0. The number of carbonyl (C=O) groups is 1. The van der Waals surface area contributed by atoms with Gasteiger partial charge in [-0.3, -0.25) is 9.78 Å². The Morgan fingerprint density at radius 3 is 2.33 bits per heavy atom. The monoisotopic (exact) mass is 397 g/mol. The van der Waals surface area contributed by atoms with Crippen molar-refractivity contribution in [3.05, 3.63) is 84.2 Å². The number of aliphatic carboxylic acids is 1. The van der Waals surface area contributed by atoms with E-state index in [2.05, 4.69) is 4.98 Å². The van der Waals surface area contributed by atoms with Gasteiger partial charge in [0, 0.05) is 29.3 Å². The Labute approximate surface area is 175 Å². The lowest BCUT2D eigenvalue weighted by atomic mass is 9.85. The van der Waals surface area contributed by atoms with Crippen molar-refractivity contribution >= 4 is 16.9 Å². The number of hydrogen-bond donors (Lipinski definition) is 2. The second-order valence-corrected chi connectivity index (χ2v) is 7.81. The summed E-state index contributed by atoms with van der Waals surface area (Å²) in [5.74, 6) is -0.926. The molecule has 0 aliphatic heterocycles. The number of hydrogen-bond acceptors (Lipinski definition) is 4. The van der Waals surface area contributed by atoms with Gasteiger partial charge in [-0.25, -0.2) is 4.98 Å². The third-order valence-electron chi connectivity index (χ3n) is 5.42. The summed E-state index contributed by atoms with van der Waals surface area (Å²) in [5.41, 5.74) is 10.6. The van der Waals surface area contributed by atoms with Crippen molar-refractivity contribution in [2.75, 3.05) is 0 Å². The van der Waals surface area contributed by atoms with E-state index in [9.17, 15) is 9.90 Å². The smallest absolute Gasteiger partial charge is 0.315 e. The Balaban J connectivity index is 2.03. The number of pyridine rings is 2. The van der Waals surface area contributed by atoms with Crippen molar-refractivity contribution in [2.45, 2.75) is 25.8 Å². The van der Waals surface area contributed by atoms with Gasteiger partial charge in [-0.2, -0.15) is 0 Å². The lowest BCUT2D eigenvalue weighted by molar-refractivity contribution is -0.142. The summed E-state index contributed by atoms with van der Waals surface area (Å²) in [5, 5.41) is 10.5. The molecule has 30 heavy (non-hydrogen) atoms. The molecular formula is C25H23N3O2. The highest BCUT2D eigenvalue weighted by Crippen LogP contribution is 2.36. The first-order valence-electron chi connectivity index (χ1n) is 9.80. The minimum atomic E-state index is -1.14. The molecule has 5 nitrogen and oxygen atoms in total. The van der Waals surface area contributed by atoms with Crippen molar-refractivity contribution in [3.8, 4) is 22.4 Å². The predicted octanol–water partition coefficient (Wildman–Crippen LogP) is 4.78. The van der Waals surface area contributed by atoms with E-state index in [4.69, 9.17) is 10.7 Å². The number of rotatable bonds is 5. The summed E-state index contributed by atoms with van der Waals surface area (Å²) in [6, 6.07) is 21.9. The number of fused-ring (bicyclic) bond motifs is 1. The largest absolute Gasteiger partial charge is 0.481 e. The molecule has 0 aliphatic carbocycles. The number of carboxylic acids is 1. The molecule has 0 aliphatic rings. The fraction of sp³-hybridized carbons (Fsp3) is 0.160. The van der Waals surface area contributed by atoms with Crippen LogP contribution in [0.2, 0.25) is 0 Å². The molecule has 0 radical (unpaired) electrons. The molecule has 3 N–H and O–H groups in total. The molecule has 150 valence electrons. The third-order valence-corrected chi connectivity index (χ3v) is 5.42. The Morgan fingerprint density at radius 2 is 1.70 bits per heavy atom. The van der Waals surface area contributed by atoms with E-state index in [1.807, 2.05) is 66.7 Å². The molecule has 0 bridgehead atoms. The van der Waals surface area contributed by atoms with Crippen molar-refractivity contribution in [2.24, 2.45) is 5.73 Å². The van der Waals surface area contributed by atoms with Crippen LogP contribution >= 0.6 is 0 Å². The van der Waals surface area contributed by atoms with E-state index >= 15 is 0 Å². The number of benzene rings is 2. The maximum absolute atomic E-state index is 11.9. The topological polar surface area (TPSA) is 89.1 Å². The van der Waals surface area contributed by atoms with E-state index in [1.165, 1.54) is 0 Å². The molecule has 0 saturated heterocycles. The molecule has 0 unspecified atom stereocenters. The lowest BCUT2D eigenvalue weighted by Gasteiger charge is -2.21. The Morgan fingerprint density at radius 1 is 1.00 bits per heavy atom. The molecule has 0 atom stereocenters. The molecule has 2 aromatic heterocycles. The van der Waals surface area contributed by atoms with Gasteiger partial charge in [0.05, 0.1) is 16.9 Å². The van der Waals surface area contributed by atoms with Crippen LogP contribution in [0, 0.1) is 0 Å². The van der Waals surface area contributed by atoms with Gasteiger partial charge in [0.1, 0.15) is 5.41 Å². The summed E-state index contributed by atoms with van der Waals surface area (Å²) in [6.07, 6.45) is 1.62. The summed E-state index contributed by atoms with van der Waals surface area (Å²) in [4.78, 5) is 21.3. The van der Waals surface area contributed by atoms with Gasteiger partial charge in [-0.1, -0.05) is 54.6 Å². The SMILES string of the molecule is CC(C)(C(=O)O)c1nccc2nc(-c3ccc(CN)cc3)c(-c3ccccc3)cc12. The minimum Gasteiger partial charge on any atom is -0.481 e. The second kappa shape index (κ2) is 7.69. The molecule has 2 aromatic carbocycles. The van der Waals surface area contributed by atoms with Gasteiger partial charge >= 0.3 is 5.97 Å². The van der Waals surface area contributed by atoms with E-state index < -0.39 is 11.4 Å². The van der Waals surface area contributed by atoms with Gasteiger partial charge in [0.25, 0.3) is 0 Å². The van der Waals surface area contributed by atoms with Crippen LogP contribution in [-0.2, 0) is 16.8 Å². The third kappa shape index (κ3) is 3.44. The van der Waals surface area contributed by atoms with Crippen molar-refractivity contribution < 1.29 is 9.90 Å². The standard InChI is InChI=1S/C25H23N3O2/c1-25(2,24(29)30)23-20-14-19(17-6-4-3-5-7-17)22(28-21(20)12-13-27-23)18-10-8-16(15-26)9-11-18/h3-14H,15,26H2,1-2H3,(H,29,30). The van der Waals surface area contributed by atoms with Crippen LogP contribution in [-0.4, -0.2) is 21.0 Å². The van der Waals surface area contributed by atoms with Gasteiger partial charge in [-0.15, -0.1) is 0 Å². The normalized spacial score (nSPS) is 11.6. The Hall–Kier alpha value is -3.57. The Kier molecular flexibility index (Phi) is 5.06. The van der Waals surface area contributed by atoms with Crippen LogP contribution in [0.15, 0.2) is 72.9 Å². The quantitative estimate of drug-likeness (QED) is 0.506. The van der Waals surface area contributed by atoms with Gasteiger partial charge in [-0.05, 0) is 37.1 Å². The van der Waals surface area contributed by atoms with E-state index in [1.54, 1.807) is 20.0 Å². The second-order valence-electron chi connectivity index (χ2n) is 7.81. The van der Waals surface area contributed by atoms with Crippen molar-refractivity contribution in [1.29, 1.82) is 0 Å². The average molecular weight is 397 g/mol. The highest BCUT2D eigenvalue weighted by molar-refractivity contribution is 5.95. The maximum Gasteiger partial charge on any atom is 0.315 e. The van der Waals surface area contributed by atoms with E-state index in [0.29, 0.717) is 17.8 Å². The fourth-order valence-electron chi connectivity index (χ4n) is 3.55. The molecule has 0 spiro atoms. The molecule has 4 aromatic rings. The van der Waals surface area contributed by atoms with E-state index in [-0.39, 0.29) is 0 Å². The van der Waals surface area contributed by atoms with Crippen LogP contribution in [0.4, 0.5) is 0 Å². The van der Waals surface area contributed by atoms with Crippen LogP contribution in [0.25, 0.3) is 33.3 Å². The summed E-state index contributed by atoms with van der Waals surface area (Å²) >= 11 is 0. The lowest BCUT2D eigenvalue weighted by Crippen LogP contribution is -2.30. The molecular weight excluding hydrogens is 374 g/mol. The molecule has 4 rings (SSSR count). The van der Waals surface area contributed by atoms with Crippen molar-refractivity contribution in [3.63, 3.8) is 0 Å². The molecule has 0 amide bonds. The first-order valence-corrected chi connectivity index (χ1v) is 9.80. The summed E-state index contributed by atoms with van der Waals surface area (Å²) < 4.78 is 0. The zero-order valence-electron chi connectivity index (χ0n) is 17.0. The van der Waals surface area contributed by atoms with Crippen LogP contribution in [0.1, 0.15) is 25.1 Å². The van der Waals surface area contributed by atoms with Gasteiger partial charge < -0.3 is 10.8 Å². The van der Waals surface area contributed by atoms with Crippen molar-refractivity contribution in [1.82, 2.24) is 9.97 Å². The first kappa shape index (κ1) is 19.7. The number of nitrogens with zero attached hydrogens (tertiary/aromatic N) is 2. The highest BCUT2D eigenvalue weighted by Gasteiger charge is 2.33. The Bertz CT molecular complexity index is 1220. The zero-order chi connectivity index (χ0) is 21.3. The summed E-state index contributed by atoms with van der Waals surface area (Å²) in [6.45, 7) is 3.81. The fourth-order valence-corrected chi connectivity index (χ4v) is 3.55. The molecule has 2 heterocycles. The van der Waals surface area contributed by atoms with Crippen LogP contribution < -0.4 is 5.73 Å². The number of carboxylic acid groups (broad SMARTS) is 1. The number of nitrogens with two attached hydrogens (primary N) is 1. The van der Waals surface area contributed by atoms with E-state index in [0.717, 1.165) is 33.3 Å². The molecule has 0 saturated carbocycles. The molecule has 5 heteroatoms. The van der Waals surface area contributed by atoms with Crippen LogP contribution in [0.5, 0.6) is 0 Å². The van der Waals surface area contributed by atoms with Crippen LogP contribution in [0.3, 0.4) is 0 Å². The zero-order valence-corrected chi connectivity index (χ0v) is 17.0. The first-order chi connectivity index (χ1) is 14.4. The van der Waals surface area contributed by atoms with Gasteiger partial charge in [0.15, 0.2) is 0 Å². The maximum atomic E-state index is 11.9. The highest BCUT2D eigenvalue weighted by atomic mass is 16.4. The average Bonchev–Trinajstić information content (AvgIpc) is 2.78. The predicted molar refractivity (Wildman–Crippen MR) is 119 cm³/mol.